The van der Waals surface area contributed by atoms with Crippen molar-refractivity contribution in [1.29, 1.82) is 0 Å². The second-order valence-electron chi connectivity index (χ2n) is 8.12. The van der Waals surface area contributed by atoms with Gasteiger partial charge in [0.2, 0.25) is 0 Å². The molecule has 0 aromatic rings. The van der Waals surface area contributed by atoms with Crippen molar-refractivity contribution in [2.45, 2.75) is 97.0 Å². The average Bonchev–Trinajstić information content (AvgIpc) is 2.67. The molecular formula is C21H44O6P2S-2. The molecule has 0 aliphatic rings. The van der Waals surface area contributed by atoms with Crippen molar-refractivity contribution in [3.05, 3.63) is 0 Å². The number of thioether (sulfide) groups is 1. The van der Waals surface area contributed by atoms with Gasteiger partial charge in [-0.1, -0.05) is 71.6 Å². The number of aliphatic hydroxyl groups is 1. The summed E-state index contributed by atoms with van der Waals surface area (Å²) in [7, 11) is -7.83. The van der Waals surface area contributed by atoms with Gasteiger partial charge in [-0.2, -0.15) is 11.8 Å². The van der Waals surface area contributed by atoms with Gasteiger partial charge in [-0.3, -0.25) is 0 Å². The Bertz CT molecular complexity index is 492. The number of unbranched alkanes of at least 4 members (excludes halogenated alkanes) is 9. The van der Waals surface area contributed by atoms with Crippen LogP contribution in [0.2, 0.25) is 0 Å². The minimum Gasteiger partial charge on any atom is -0.799 e. The van der Waals surface area contributed by atoms with Gasteiger partial charge in [-0.15, -0.1) is 0 Å². The maximum absolute atomic E-state index is 12.4. The van der Waals surface area contributed by atoms with E-state index in [1.165, 1.54) is 25.7 Å². The molecule has 0 amide bonds. The van der Waals surface area contributed by atoms with Crippen molar-refractivity contribution in [1.82, 2.24) is 0 Å². The third kappa shape index (κ3) is 19.3. The van der Waals surface area contributed by atoms with Crippen LogP contribution in [-0.4, -0.2) is 47.8 Å². The fourth-order valence-electron chi connectivity index (χ4n) is 3.22. The monoisotopic (exact) mass is 486 g/mol. The van der Waals surface area contributed by atoms with Crippen molar-refractivity contribution < 1.29 is 28.5 Å². The van der Waals surface area contributed by atoms with Gasteiger partial charge in [0.1, 0.15) is 7.60 Å². The summed E-state index contributed by atoms with van der Waals surface area (Å²) in [6, 6.07) is 0. The zero-order valence-corrected chi connectivity index (χ0v) is 21.7. The third-order valence-electron chi connectivity index (χ3n) is 4.93. The lowest BCUT2D eigenvalue weighted by Gasteiger charge is -2.33. The maximum atomic E-state index is 12.4. The summed E-state index contributed by atoms with van der Waals surface area (Å²) in [5.74, 6) is 1.24. The third-order valence-corrected chi connectivity index (χ3v) is 9.56. The molecule has 3 atom stereocenters. The highest BCUT2D eigenvalue weighted by Crippen LogP contribution is 2.45. The van der Waals surface area contributed by atoms with E-state index in [2.05, 4.69) is 13.8 Å². The fourth-order valence-corrected chi connectivity index (χ4v) is 7.58. The minimum absolute atomic E-state index is 0.0326. The van der Waals surface area contributed by atoms with E-state index in [1.807, 2.05) is 0 Å². The first-order chi connectivity index (χ1) is 14.3. The zero-order valence-electron chi connectivity index (χ0n) is 19.1. The smallest absolute Gasteiger partial charge is 0.135 e. The fraction of sp³-hybridized carbons (Fsp3) is 1.00. The Morgan fingerprint density at radius 3 is 2.00 bits per heavy atom. The van der Waals surface area contributed by atoms with Crippen molar-refractivity contribution in [2.75, 3.05) is 36.6 Å². The van der Waals surface area contributed by atoms with Gasteiger partial charge in [-0.25, -0.2) is 0 Å². The Kier molecular flexibility index (Phi) is 19.6. The number of aliphatic hydroxyl groups excluding tert-OH is 1. The van der Waals surface area contributed by atoms with Crippen LogP contribution in [-0.2, 0) is 13.7 Å². The minimum atomic E-state index is -4.06. The molecule has 0 rings (SSSR count). The Balaban J connectivity index is 4.52. The van der Waals surface area contributed by atoms with E-state index < -0.39 is 21.1 Å². The molecule has 0 radical (unpaired) electrons. The Hall–Kier alpha value is 0.650. The zero-order chi connectivity index (χ0) is 22.7. The van der Waals surface area contributed by atoms with Gasteiger partial charge in [-0.05, 0) is 31.2 Å². The van der Waals surface area contributed by atoms with Gasteiger partial charge in [0.25, 0.3) is 0 Å². The molecule has 0 aliphatic heterocycles. The van der Waals surface area contributed by atoms with Crippen molar-refractivity contribution >= 4 is 26.7 Å². The Morgan fingerprint density at radius 2 is 1.40 bits per heavy atom. The average molecular weight is 487 g/mol. The van der Waals surface area contributed by atoms with E-state index in [0.717, 1.165) is 44.3 Å². The molecule has 0 bridgehead atoms. The standard InChI is InChI=1S/C21H46O6P2S/c1-3-5-7-9-11-13-18-30-20-21(19-28(23,24)16-14-15-22)27-29(25,26)17-12-10-8-6-4-2/h21-22H,3-20H2,1-2H3,(H,23,24)(H,25,26)/p-2/t21-/m0/s1. The van der Waals surface area contributed by atoms with E-state index in [4.69, 9.17) is 9.63 Å². The normalized spacial score (nSPS) is 16.8. The largest absolute Gasteiger partial charge is 0.799 e. The number of hydrogen-bond donors (Lipinski definition) is 1. The van der Waals surface area contributed by atoms with E-state index >= 15 is 0 Å². The predicted molar refractivity (Wildman–Crippen MR) is 126 cm³/mol. The summed E-state index contributed by atoms with van der Waals surface area (Å²) in [5, 5.41) is 8.90. The topological polar surface area (TPSA) is 110 Å². The maximum Gasteiger partial charge on any atom is 0.135 e. The summed E-state index contributed by atoms with van der Waals surface area (Å²) in [6.07, 6.45) is 10.6. The summed E-state index contributed by atoms with van der Waals surface area (Å²) in [4.78, 5) is 24.7. The van der Waals surface area contributed by atoms with Gasteiger partial charge >= 0.3 is 0 Å². The highest BCUT2D eigenvalue weighted by molar-refractivity contribution is 7.99. The van der Waals surface area contributed by atoms with Crippen LogP contribution in [0.1, 0.15) is 90.9 Å². The van der Waals surface area contributed by atoms with E-state index in [-0.39, 0.29) is 31.5 Å². The van der Waals surface area contributed by atoms with Crippen LogP contribution in [0.4, 0.5) is 0 Å². The van der Waals surface area contributed by atoms with Crippen LogP contribution in [0.15, 0.2) is 0 Å². The highest BCUT2D eigenvalue weighted by Gasteiger charge is 2.22. The SMILES string of the molecule is CCCCCCCCSC[C@H](CP(=O)([O-])CCCO)OP(=O)([O-])CCCCCCC. The molecule has 182 valence electrons. The van der Waals surface area contributed by atoms with Gasteiger partial charge in [0.15, 0.2) is 0 Å². The second kappa shape index (κ2) is 19.1. The first-order valence-electron chi connectivity index (χ1n) is 11.7. The van der Waals surface area contributed by atoms with Crippen LogP contribution in [0.25, 0.3) is 0 Å². The Morgan fingerprint density at radius 1 is 0.833 bits per heavy atom. The molecule has 6 nitrogen and oxygen atoms in total. The van der Waals surface area contributed by atoms with Crippen LogP contribution >= 0.6 is 26.7 Å². The predicted octanol–water partition coefficient (Wildman–Crippen LogP) is 5.01. The summed E-state index contributed by atoms with van der Waals surface area (Å²) < 4.78 is 30.0. The van der Waals surface area contributed by atoms with Crippen LogP contribution in [0.3, 0.4) is 0 Å². The number of rotatable bonds is 22. The quantitative estimate of drug-likeness (QED) is 0.169. The molecular weight excluding hydrogens is 442 g/mol. The van der Waals surface area contributed by atoms with Gasteiger partial charge in [0.05, 0.1) is 6.10 Å². The first kappa shape index (κ1) is 30.6. The summed E-state index contributed by atoms with van der Waals surface area (Å²) in [5.41, 5.74) is 0. The van der Waals surface area contributed by atoms with Gasteiger partial charge in [0, 0.05) is 32.1 Å². The summed E-state index contributed by atoms with van der Waals surface area (Å²) in [6.45, 7) is 4.10. The molecule has 0 aromatic carbocycles. The van der Waals surface area contributed by atoms with Gasteiger partial charge < -0.3 is 28.5 Å². The molecule has 30 heavy (non-hydrogen) atoms. The molecule has 9 heteroatoms. The molecule has 0 saturated carbocycles. The highest BCUT2D eigenvalue weighted by atomic mass is 32.2. The molecule has 0 heterocycles. The van der Waals surface area contributed by atoms with Crippen LogP contribution in [0.5, 0.6) is 0 Å². The van der Waals surface area contributed by atoms with E-state index in [0.29, 0.717) is 12.2 Å². The molecule has 0 saturated heterocycles. The summed E-state index contributed by atoms with van der Waals surface area (Å²) >= 11 is 1.57. The van der Waals surface area contributed by atoms with Crippen LogP contribution in [0, 0.1) is 0 Å². The molecule has 1 N–H and O–H groups in total. The second-order valence-corrected chi connectivity index (χ2v) is 13.6. The number of hydrogen-bond acceptors (Lipinski definition) is 7. The molecule has 2 unspecified atom stereocenters. The lowest BCUT2D eigenvalue weighted by molar-refractivity contribution is -0.201. The van der Waals surface area contributed by atoms with Crippen molar-refractivity contribution in [3.8, 4) is 0 Å². The molecule has 0 aromatic heterocycles. The van der Waals surface area contributed by atoms with Crippen molar-refractivity contribution in [3.63, 3.8) is 0 Å². The Labute approximate surface area is 188 Å². The van der Waals surface area contributed by atoms with E-state index in [1.54, 1.807) is 11.8 Å². The van der Waals surface area contributed by atoms with E-state index in [9.17, 15) is 18.9 Å². The first-order valence-corrected chi connectivity index (χ1v) is 16.6. The van der Waals surface area contributed by atoms with Crippen LogP contribution < -0.4 is 9.79 Å². The lowest BCUT2D eigenvalue weighted by Crippen LogP contribution is -2.27. The molecule has 0 fully saturated rings. The lowest BCUT2D eigenvalue weighted by atomic mass is 10.1. The molecule has 0 aliphatic carbocycles. The van der Waals surface area contributed by atoms with Crippen molar-refractivity contribution in [2.24, 2.45) is 0 Å². The molecule has 0 spiro atoms.